The molecule has 0 amide bonds. The summed E-state index contributed by atoms with van der Waals surface area (Å²) in [6.07, 6.45) is 4.09. The number of rotatable bonds is 7. The van der Waals surface area contributed by atoms with E-state index in [-0.39, 0.29) is 0 Å². The van der Waals surface area contributed by atoms with E-state index in [1.807, 2.05) is 12.1 Å². The average molecular weight is 270 g/mol. The third-order valence-electron chi connectivity index (χ3n) is 3.29. The molecule has 2 rings (SSSR count). The molecule has 0 radical (unpaired) electrons. The van der Waals surface area contributed by atoms with E-state index in [1.54, 1.807) is 6.20 Å². The van der Waals surface area contributed by atoms with E-state index in [0.717, 1.165) is 24.5 Å². The summed E-state index contributed by atoms with van der Waals surface area (Å²) in [7, 11) is 0. The number of pyridine rings is 1. The number of aromatic nitrogens is 1. The van der Waals surface area contributed by atoms with Crippen LogP contribution in [0.1, 0.15) is 25.3 Å². The van der Waals surface area contributed by atoms with Gasteiger partial charge in [0, 0.05) is 30.5 Å². The predicted molar refractivity (Wildman–Crippen MR) is 84.4 cm³/mol. The van der Waals surface area contributed by atoms with E-state index in [9.17, 15) is 0 Å². The summed E-state index contributed by atoms with van der Waals surface area (Å²) in [5.41, 5.74) is 5.01. The Hall–Kier alpha value is -2.07. The molecular weight excluding hydrogens is 248 g/mol. The van der Waals surface area contributed by atoms with E-state index in [1.165, 1.54) is 18.5 Å². The summed E-state index contributed by atoms with van der Waals surface area (Å²) in [6, 6.07) is 14.5. The largest absolute Gasteiger partial charge is 0.367 e. The first-order valence-corrected chi connectivity index (χ1v) is 7.05. The fourth-order valence-electron chi connectivity index (χ4n) is 2.19. The van der Waals surface area contributed by atoms with E-state index >= 15 is 0 Å². The quantitative estimate of drug-likeness (QED) is 0.599. The summed E-state index contributed by atoms with van der Waals surface area (Å²) >= 11 is 0. The molecular formula is C16H22N4. The van der Waals surface area contributed by atoms with Crippen LogP contribution in [-0.2, 0) is 6.54 Å². The van der Waals surface area contributed by atoms with Gasteiger partial charge in [0.2, 0.25) is 0 Å². The maximum absolute atomic E-state index is 5.53. The molecule has 0 saturated heterocycles. The maximum atomic E-state index is 5.53. The van der Waals surface area contributed by atoms with Gasteiger partial charge in [-0.2, -0.15) is 0 Å². The van der Waals surface area contributed by atoms with Crippen molar-refractivity contribution >= 4 is 11.5 Å². The minimum Gasteiger partial charge on any atom is -0.367 e. The highest BCUT2D eigenvalue weighted by Crippen LogP contribution is 2.20. The van der Waals surface area contributed by atoms with Gasteiger partial charge in [0.05, 0.1) is 0 Å². The predicted octanol–water partition coefficient (Wildman–Crippen LogP) is 3.17. The molecule has 106 valence electrons. The van der Waals surface area contributed by atoms with E-state index < -0.39 is 0 Å². The van der Waals surface area contributed by atoms with Gasteiger partial charge < -0.3 is 10.3 Å². The normalized spacial score (nSPS) is 10.3. The molecule has 2 aromatic rings. The van der Waals surface area contributed by atoms with Gasteiger partial charge in [-0.1, -0.05) is 37.6 Å². The summed E-state index contributed by atoms with van der Waals surface area (Å²) in [5.74, 6) is 6.27. The van der Waals surface area contributed by atoms with Gasteiger partial charge in [-0.25, -0.2) is 10.8 Å². The lowest BCUT2D eigenvalue weighted by Gasteiger charge is -2.25. The second-order valence-corrected chi connectivity index (χ2v) is 4.77. The highest BCUT2D eigenvalue weighted by Gasteiger charge is 2.09. The molecule has 0 saturated carbocycles. The topological polar surface area (TPSA) is 54.2 Å². The van der Waals surface area contributed by atoms with Crippen molar-refractivity contribution < 1.29 is 0 Å². The number of unbranched alkanes of at least 4 members (excludes halogenated alkanes) is 1. The van der Waals surface area contributed by atoms with Crippen LogP contribution in [0.5, 0.6) is 0 Å². The zero-order chi connectivity index (χ0) is 14.2. The molecule has 4 nitrogen and oxygen atoms in total. The number of hydrogen-bond acceptors (Lipinski definition) is 4. The van der Waals surface area contributed by atoms with Gasteiger partial charge in [-0.3, -0.25) is 0 Å². The molecule has 0 unspecified atom stereocenters. The van der Waals surface area contributed by atoms with Crippen molar-refractivity contribution in [1.29, 1.82) is 0 Å². The van der Waals surface area contributed by atoms with Gasteiger partial charge >= 0.3 is 0 Å². The van der Waals surface area contributed by atoms with Crippen LogP contribution in [0.3, 0.4) is 0 Å². The zero-order valence-electron chi connectivity index (χ0n) is 11.9. The number of nitrogens with one attached hydrogen (secondary N) is 1. The molecule has 20 heavy (non-hydrogen) atoms. The van der Waals surface area contributed by atoms with Crippen molar-refractivity contribution in [2.45, 2.75) is 26.3 Å². The Morgan fingerprint density at radius 1 is 1.15 bits per heavy atom. The first kappa shape index (κ1) is 14.3. The highest BCUT2D eigenvalue weighted by atomic mass is 15.3. The van der Waals surface area contributed by atoms with Crippen molar-refractivity contribution in [3.8, 4) is 0 Å². The second-order valence-electron chi connectivity index (χ2n) is 4.77. The SMILES string of the molecule is CCCCN(Cc1cccnc1NN)c1ccccc1. The molecule has 3 N–H and O–H groups in total. The first-order valence-electron chi connectivity index (χ1n) is 7.05. The number of nitrogens with two attached hydrogens (primary N) is 1. The molecule has 1 aromatic heterocycles. The van der Waals surface area contributed by atoms with Gasteiger partial charge in [0.1, 0.15) is 5.82 Å². The monoisotopic (exact) mass is 270 g/mol. The Balaban J connectivity index is 2.19. The first-order chi connectivity index (χ1) is 9.85. The fourth-order valence-corrected chi connectivity index (χ4v) is 2.19. The van der Waals surface area contributed by atoms with Crippen molar-refractivity contribution in [3.05, 3.63) is 54.2 Å². The number of nitrogen functional groups attached to an aromatic ring is 1. The average Bonchev–Trinajstić information content (AvgIpc) is 2.52. The third-order valence-corrected chi connectivity index (χ3v) is 3.29. The lowest BCUT2D eigenvalue weighted by molar-refractivity contribution is 0.715. The van der Waals surface area contributed by atoms with Crippen LogP contribution >= 0.6 is 0 Å². The van der Waals surface area contributed by atoms with Crippen LogP contribution in [-0.4, -0.2) is 11.5 Å². The van der Waals surface area contributed by atoms with Crippen molar-refractivity contribution in [1.82, 2.24) is 4.98 Å². The Morgan fingerprint density at radius 3 is 2.65 bits per heavy atom. The fraction of sp³-hybridized carbons (Fsp3) is 0.312. The molecule has 0 aliphatic carbocycles. The molecule has 0 bridgehead atoms. The number of anilines is 2. The Morgan fingerprint density at radius 2 is 1.95 bits per heavy atom. The van der Waals surface area contributed by atoms with Gasteiger partial charge in [0.15, 0.2) is 0 Å². The number of nitrogens with zero attached hydrogens (tertiary/aromatic N) is 2. The number of hydrogen-bond donors (Lipinski definition) is 2. The Bertz CT molecular complexity index is 513. The number of hydrazine groups is 1. The van der Waals surface area contributed by atoms with E-state index in [0.29, 0.717) is 0 Å². The van der Waals surface area contributed by atoms with Crippen LogP contribution < -0.4 is 16.2 Å². The standard InChI is InChI=1S/C16H22N4/c1-2-3-12-20(15-9-5-4-6-10-15)13-14-8-7-11-18-16(14)19-17/h4-11H,2-3,12-13,17H2,1H3,(H,18,19). The zero-order valence-corrected chi connectivity index (χ0v) is 11.9. The summed E-state index contributed by atoms with van der Waals surface area (Å²) in [5, 5.41) is 0. The summed E-state index contributed by atoms with van der Waals surface area (Å²) < 4.78 is 0. The molecule has 0 atom stereocenters. The molecule has 1 aromatic carbocycles. The smallest absolute Gasteiger partial charge is 0.144 e. The van der Waals surface area contributed by atoms with Crippen LogP contribution in [0.15, 0.2) is 48.7 Å². The van der Waals surface area contributed by atoms with Crippen LogP contribution in [0.4, 0.5) is 11.5 Å². The van der Waals surface area contributed by atoms with E-state index in [2.05, 4.69) is 52.6 Å². The molecule has 0 aliphatic heterocycles. The van der Waals surface area contributed by atoms with Gasteiger partial charge in [-0.05, 0) is 24.6 Å². The Labute approximate surface area is 120 Å². The summed E-state index contributed by atoms with van der Waals surface area (Å²) in [6.45, 7) is 4.04. The van der Waals surface area contributed by atoms with Gasteiger partial charge in [-0.15, -0.1) is 0 Å². The molecule has 0 spiro atoms. The van der Waals surface area contributed by atoms with Crippen molar-refractivity contribution in [3.63, 3.8) is 0 Å². The molecule has 0 aliphatic rings. The van der Waals surface area contributed by atoms with Crippen LogP contribution in [0.25, 0.3) is 0 Å². The maximum Gasteiger partial charge on any atom is 0.144 e. The molecule has 0 fully saturated rings. The highest BCUT2D eigenvalue weighted by molar-refractivity contribution is 5.50. The van der Waals surface area contributed by atoms with E-state index in [4.69, 9.17) is 5.84 Å². The van der Waals surface area contributed by atoms with Crippen molar-refractivity contribution in [2.75, 3.05) is 16.9 Å². The van der Waals surface area contributed by atoms with Gasteiger partial charge in [0.25, 0.3) is 0 Å². The number of para-hydroxylation sites is 1. The molecule has 1 heterocycles. The lowest BCUT2D eigenvalue weighted by atomic mass is 10.2. The third kappa shape index (κ3) is 3.71. The minimum absolute atomic E-state index is 0.741. The Kier molecular flexibility index (Phi) is 5.38. The van der Waals surface area contributed by atoms with Crippen LogP contribution in [0, 0.1) is 0 Å². The number of benzene rings is 1. The van der Waals surface area contributed by atoms with Crippen molar-refractivity contribution in [2.24, 2.45) is 5.84 Å². The summed E-state index contributed by atoms with van der Waals surface area (Å²) in [4.78, 5) is 6.62. The minimum atomic E-state index is 0.741. The van der Waals surface area contributed by atoms with Crippen LogP contribution in [0.2, 0.25) is 0 Å². The lowest BCUT2D eigenvalue weighted by Crippen LogP contribution is -2.25. The second kappa shape index (κ2) is 7.50. The molecule has 4 heteroatoms.